The number of ether oxygens (including phenoxy) is 1. The Bertz CT molecular complexity index is 1120. The van der Waals surface area contributed by atoms with Crippen molar-refractivity contribution < 1.29 is 27.1 Å². The van der Waals surface area contributed by atoms with Gasteiger partial charge < -0.3 is 9.64 Å². The van der Waals surface area contributed by atoms with Gasteiger partial charge in [-0.25, -0.2) is 12.8 Å². The molecular formula is C20H17ClFNO5S. The van der Waals surface area contributed by atoms with E-state index in [-0.39, 0.29) is 23.4 Å². The Hall–Kier alpha value is -2.45. The van der Waals surface area contributed by atoms with Crippen molar-refractivity contribution in [3.8, 4) is 5.75 Å². The number of halogens is 2. The highest BCUT2D eigenvalue weighted by atomic mass is 35.5. The third kappa shape index (κ3) is 2.85. The first-order valence-corrected chi connectivity index (χ1v) is 10.7. The Kier molecular flexibility index (Phi) is 4.66. The van der Waals surface area contributed by atoms with Crippen molar-refractivity contribution in [3.05, 3.63) is 58.9 Å². The largest absolute Gasteiger partial charge is 0.497 e. The highest BCUT2D eigenvalue weighted by molar-refractivity contribution is 7.93. The maximum absolute atomic E-state index is 14.2. The Morgan fingerprint density at radius 1 is 1.21 bits per heavy atom. The second-order valence-electron chi connectivity index (χ2n) is 7.15. The lowest BCUT2D eigenvalue weighted by Gasteiger charge is -2.44. The second kappa shape index (κ2) is 6.81. The number of methoxy groups -OCH3 is 1. The highest BCUT2D eigenvalue weighted by Gasteiger charge is 2.70. The topological polar surface area (TPSA) is 80.8 Å². The van der Waals surface area contributed by atoms with E-state index in [1.807, 2.05) is 0 Å². The first kappa shape index (κ1) is 19.8. The molecular weight excluding hydrogens is 421 g/mol. The summed E-state index contributed by atoms with van der Waals surface area (Å²) in [7, 11) is -2.73. The zero-order valence-corrected chi connectivity index (χ0v) is 17.0. The summed E-state index contributed by atoms with van der Waals surface area (Å²) in [6, 6.07) is 9.62. The van der Waals surface area contributed by atoms with Crippen LogP contribution in [0.1, 0.15) is 12.0 Å². The number of benzene rings is 2. The fraction of sp³-hybridized carbons (Fsp3) is 0.300. The lowest BCUT2D eigenvalue weighted by atomic mass is 9.92. The molecule has 0 bridgehead atoms. The van der Waals surface area contributed by atoms with Gasteiger partial charge in [0.05, 0.1) is 18.4 Å². The molecule has 0 aliphatic carbocycles. The summed E-state index contributed by atoms with van der Waals surface area (Å²) in [4.78, 5) is 24.5. The van der Waals surface area contributed by atoms with Gasteiger partial charge in [0, 0.05) is 17.5 Å². The smallest absolute Gasteiger partial charge is 0.228 e. The fourth-order valence-electron chi connectivity index (χ4n) is 4.04. The molecule has 0 N–H and O–H groups in total. The highest BCUT2D eigenvalue weighted by Crippen LogP contribution is 2.48. The average Bonchev–Trinajstić information content (AvgIpc) is 2.92. The Balaban J connectivity index is 1.70. The molecule has 9 heteroatoms. The van der Waals surface area contributed by atoms with Crippen molar-refractivity contribution in [3.63, 3.8) is 0 Å². The molecule has 0 saturated carbocycles. The van der Waals surface area contributed by atoms with E-state index < -0.39 is 44.6 Å². The van der Waals surface area contributed by atoms with Gasteiger partial charge in [-0.3, -0.25) is 9.59 Å². The quantitative estimate of drug-likeness (QED) is 0.672. The summed E-state index contributed by atoms with van der Waals surface area (Å²) in [6.45, 7) is -0.0683. The standard InChI is InChI=1S/C20H17ClFNO5S/c1-28-15-4-7-17(22)12(9-15)8-13-11-23-18(24)10-20(23,19(13)25)29(26,27)16-5-2-14(21)3-6-16/h2-7,9,13H,8,10-11H2,1H3. The van der Waals surface area contributed by atoms with Crippen LogP contribution in [0.2, 0.25) is 5.02 Å². The van der Waals surface area contributed by atoms with Gasteiger partial charge in [-0.1, -0.05) is 11.6 Å². The van der Waals surface area contributed by atoms with Crippen LogP contribution in [-0.2, 0) is 25.8 Å². The monoisotopic (exact) mass is 437 g/mol. The van der Waals surface area contributed by atoms with Gasteiger partial charge in [0.2, 0.25) is 20.6 Å². The molecule has 2 aliphatic heterocycles. The second-order valence-corrected chi connectivity index (χ2v) is 9.74. The number of hydrogen-bond acceptors (Lipinski definition) is 5. The number of amides is 1. The van der Waals surface area contributed by atoms with Crippen LogP contribution in [0, 0.1) is 11.7 Å². The number of carbonyl (C=O) groups excluding carboxylic acids is 2. The summed E-state index contributed by atoms with van der Waals surface area (Å²) in [5, 5.41) is 0.354. The summed E-state index contributed by atoms with van der Waals surface area (Å²) in [5.74, 6) is -1.92. The predicted molar refractivity (Wildman–Crippen MR) is 103 cm³/mol. The fourth-order valence-corrected chi connectivity index (χ4v) is 6.26. The SMILES string of the molecule is COc1ccc(F)c(CC2CN3C(=O)CC3(S(=O)(=O)c3ccc(Cl)cc3)C2=O)c1. The molecule has 0 spiro atoms. The van der Waals surface area contributed by atoms with Crippen molar-refractivity contribution in [1.29, 1.82) is 0 Å². The summed E-state index contributed by atoms with van der Waals surface area (Å²) in [6.07, 6.45) is -0.433. The molecule has 0 radical (unpaired) electrons. The van der Waals surface area contributed by atoms with E-state index in [1.165, 1.54) is 49.6 Å². The normalized spacial score (nSPS) is 23.7. The van der Waals surface area contributed by atoms with Gasteiger partial charge in [-0.15, -0.1) is 0 Å². The lowest BCUT2D eigenvalue weighted by Crippen LogP contribution is -2.67. The van der Waals surface area contributed by atoms with Gasteiger partial charge in [0.1, 0.15) is 11.6 Å². The molecule has 2 aromatic carbocycles. The number of carbonyl (C=O) groups is 2. The van der Waals surface area contributed by atoms with Crippen LogP contribution in [0.25, 0.3) is 0 Å². The zero-order chi connectivity index (χ0) is 21.0. The van der Waals surface area contributed by atoms with Crippen LogP contribution in [0.3, 0.4) is 0 Å². The molecule has 152 valence electrons. The zero-order valence-electron chi connectivity index (χ0n) is 15.4. The molecule has 4 rings (SSSR count). The molecule has 2 aliphatic rings. The van der Waals surface area contributed by atoms with Crippen LogP contribution in [0.5, 0.6) is 5.75 Å². The van der Waals surface area contributed by atoms with Crippen LogP contribution < -0.4 is 4.74 Å². The van der Waals surface area contributed by atoms with E-state index in [0.717, 1.165) is 4.90 Å². The summed E-state index contributed by atoms with van der Waals surface area (Å²) < 4.78 is 45.9. The van der Waals surface area contributed by atoms with Crippen LogP contribution in [0.15, 0.2) is 47.4 Å². The maximum Gasteiger partial charge on any atom is 0.228 e. The number of sulfone groups is 1. The number of ketones is 1. The van der Waals surface area contributed by atoms with Crippen molar-refractivity contribution in [1.82, 2.24) is 4.90 Å². The Labute approximate surface area is 172 Å². The summed E-state index contributed by atoms with van der Waals surface area (Å²) >= 11 is 5.83. The van der Waals surface area contributed by atoms with E-state index in [0.29, 0.717) is 10.8 Å². The van der Waals surface area contributed by atoms with E-state index in [9.17, 15) is 22.4 Å². The molecule has 2 heterocycles. The van der Waals surface area contributed by atoms with E-state index >= 15 is 0 Å². The third-order valence-corrected chi connectivity index (χ3v) is 8.17. The average molecular weight is 438 g/mol. The molecule has 2 fully saturated rings. The molecule has 0 aromatic heterocycles. The van der Waals surface area contributed by atoms with Crippen molar-refractivity contribution in [2.75, 3.05) is 13.7 Å². The molecule has 2 unspecified atom stereocenters. The molecule has 29 heavy (non-hydrogen) atoms. The molecule has 2 aromatic rings. The Morgan fingerprint density at radius 3 is 2.52 bits per heavy atom. The third-order valence-electron chi connectivity index (χ3n) is 5.57. The van der Waals surface area contributed by atoms with Gasteiger partial charge in [0.15, 0.2) is 5.78 Å². The minimum absolute atomic E-state index is 0.0243. The minimum Gasteiger partial charge on any atom is -0.497 e. The Morgan fingerprint density at radius 2 is 1.90 bits per heavy atom. The first-order chi connectivity index (χ1) is 13.7. The van der Waals surface area contributed by atoms with Crippen molar-refractivity contribution >= 4 is 33.1 Å². The molecule has 2 saturated heterocycles. The first-order valence-electron chi connectivity index (χ1n) is 8.88. The number of Topliss-reactive ketones (excluding diaryl/α,β-unsaturated/α-hetero) is 1. The number of rotatable bonds is 5. The van der Waals surface area contributed by atoms with Gasteiger partial charge in [-0.2, -0.15) is 0 Å². The van der Waals surface area contributed by atoms with Gasteiger partial charge in [-0.05, 0) is 54.4 Å². The maximum atomic E-state index is 14.2. The molecule has 1 amide bonds. The van der Waals surface area contributed by atoms with Gasteiger partial charge in [0.25, 0.3) is 0 Å². The summed E-state index contributed by atoms with van der Waals surface area (Å²) in [5.41, 5.74) is 0.233. The van der Waals surface area contributed by atoms with Crippen LogP contribution >= 0.6 is 11.6 Å². The minimum atomic E-state index is -4.17. The molecule has 2 atom stereocenters. The van der Waals surface area contributed by atoms with Crippen LogP contribution in [-0.4, -0.2) is 43.5 Å². The van der Waals surface area contributed by atoms with Crippen molar-refractivity contribution in [2.45, 2.75) is 22.6 Å². The lowest BCUT2D eigenvalue weighted by molar-refractivity contribution is -0.150. The van der Waals surface area contributed by atoms with Crippen LogP contribution in [0.4, 0.5) is 4.39 Å². The predicted octanol–water partition coefficient (Wildman–Crippen LogP) is 2.63. The number of β-lactam (4-membered cyclic amide) rings is 1. The molecule has 6 nitrogen and oxygen atoms in total. The number of hydrogen-bond donors (Lipinski definition) is 0. The van der Waals surface area contributed by atoms with E-state index in [1.54, 1.807) is 0 Å². The number of fused-ring (bicyclic) bond motifs is 1. The number of nitrogens with zero attached hydrogens (tertiary/aromatic N) is 1. The van der Waals surface area contributed by atoms with E-state index in [4.69, 9.17) is 16.3 Å². The van der Waals surface area contributed by atoms with E-state index in [2.05, 4.69) is 0 Å². The van der Waals surface area contributed by atoms with Crippen molar-refractivity contribution in [2.24, 2.45) is 5.92 Å². The van der Waals surface area contributed by atoms with Gasteiger partial charge >= 0.3 is 0 Å².